The molecule has 3 atom stereocenters. The molecule has 0 aromatic heterocycles. The van der Waals surface area contributed by atoms with E-state index in [1.54, 1.807) is 0 Å². The van der Waals surface area contributed by atoms with E-state index in [0.29, 0.717) is 5.54 Å². The van der Waals surface area contributed by atoms with E-state index in [1.807, 2.05) is 0 Å². The summed E-state index contributed by atoms with van der Waals surface area (Å²) in [6.45, 7) is 8.19. The lowest BCUT2D eigenvalue weighted by Gasteiger charge is -2.47. The van der Waals surface area contributed by atoms with Crippen LogP contribution in [0.2, 0.25) is 0 Å². The smallest absolute Gasteiger partial charge is 0.0331 e. The maximum atomic E-state index is 6.27. The van der Waals surface area contributed by atoms with Gasteiger partial charge in [-0.2, -0.15) is 0 Å². The second-order valence-electron chi connectivity index (χ2n) is 7.00. The molecule has 2 nitrogen and oxygen atoms in total. The van der Waals surface area contributed by atoms with Gasteiger partial charge in [0, 0.05) is 18.6 Å². The van der Waals surface area contributed by atoms with Crippen molar-refractivity contribution < 1.29 is 0 Å². The highest BCUT2D eigenvalue weighted by Crippen LogP contribution is 2.37. The number of piperidine rings is 1. The van der Waals surface area contributed by atoms with Crippen LogP contribution in [0.25, 0.3) is 0 Å². The van der Waals surface area contributed by atoms with Gasteiger partial charge in [0.1, 0.15) is 0 Å². The zero-order valence-corrected chi connectivity index (χ0v) is 13.2. The Morgan fingerprint density at radius 3 is 2.42 bits per heavy atom. The van der Waals surface area contributed by atoms with Crippen molar-refractivity contribution in [1.82, 2.24) is 4.90 Å². The van der Waals surface area contributed by atoms with Crippen molar-refractivity contribution in [1.29, 1.82) is 0 Å². The van der Waals surface area contributed by atoms with Gasteiger partial charge in [-0.25, -0.2) is 0 Å². The van der Waals surface area contributed by atoms with Gasteiger partial charge in [0.25, 0.3) is 0 Å². The quantitative estimate of drug-likeness (QED) is 0.784. The molecule has 0 aromatic rings. The standard InChI is InChI=1S/C17H34N2/c1-3-15-7-5-10-17(14-18,11-9-15)19-12-6-8-16(4-2)13-19/h15-16H,3-14,18H2,1-2H3. The minimum absolute atomic E-state index is 0.345. The summed E-state index contributed by atoms with van der Waals surface area (Å²) in [6.07, 6.45) is 12.4. The first-order valence-corrected chi connectivity index (χ1v) is 8.69. The molecule has 0 aromatic carbocycles. The zero-order chi connectivity index (χ0) is 13.7. The molecule has 0 bridgehead atoms. The van der Waals surface area contributed by atoms with Gasteiger partial charge in [0.2, 0.25) is 0 Å². The lowest BCUT2D eigenvalue weighted by Crippen LogP contribution is -2.56. The molecule has 1 aliphatic heterocycles. The first kappa shape index (κ1) is 15.3. The minimum atomic E-state index is 0.345. The van der Waals surface area contributed by atoms with Gasteiger partial charge in [-0.1, -0.05) is 39.5 Å². The Balaban J connectivity index is 2.04. The maximum absolute atomic E-state index is 6.27. The summed E-state index contributed by atoms with van der Waals surface area (Å²) in [5.41, 5.74) is 6.62. The maximum Gasteiger partial charge on any atom is 0.0331 e. The Kier molecular flexibility index (Phi) is 5.70. The predicted molar refractivity (Wildman–Crippen MR) is 83.2 cm³/mol. The highest BCUT2D eigenvalue weighted by molar-refractivity contribution is 4.96. The number of hydrogen-bond donors (Lipinski definition) is 1. The van der Waals surface area contributed by atoms with Gasteiger partial charge < -0.3 is 5.73 Å². The summed E-state index contributed by atoms with van der Waals surface area (Å²) in [5, 5.41) is 0. The molecule has 3 unspecified atom stereocenters. The molecule has 2 aliphatic rings. The van der Waals surface area contributed by atoms with Crippen LogP contribution in [0.3, 0.4) is 0 Å². The molecule has 1 saturated heterocycles. The van der Waals surface area contributed by atoms with Crippen LogP contribution >= 0.6 is 0 Å². The number of hydrogen-bond acceptors (Lipinski definition) is 2. The molecule has 1 aliphatic carbocycles. The number of nitrogens with zero attached hydrogens (tertiary/aromatic N) is 1. The first-order valence-electron chi connectivity index (χ1n) is 8.69. The van der Waals surface area contributed by atoms with Crippen LogP contribution in [0.4, 0.5) is 0 Å². The fourth-order valence-corrected chi connectivity index (χ4v) is 4.35. The van der Waals surface area contributed by atoms with Gasteiger partial charge in [0.15, 0.2) is 0 Å². The summed E-state index contributed by atoms with van der Waals surface area (Å²) in [4.78, 5) is 2.79. The van der Waals surface area contributed by atoms with Crippen molar-refractivity contribution in [3.63, 3.8) is 0 Å². The molecule has 0 spiro atoms. The van der Waals surface area contributed by atoms with Crippen LogP contribution in [0.1, 0.15) is 71.6 Å². The van der Waals surface area contributed by atoms with E-state index in [1.165, 1.54) is 70.9 Å². The molecule has 0 radical (unpaired) electrons. The third-order valence-electron chi connectivity index (χ3n) is 6.00. The highest BCUT2D eigenvalue weighted by Gasteiger charge is 2.38. The Labute approximate surface area is 120 Å². The van der Waals surface area contributed by atoms with E-state index in [0.717, 1.165) is 18.4 Å². The van der Waals surface area contributed by atoms with E-state index in [9.17, 15) is 0 Å². The van der Waals surface area contributed by atoms with Gasteiger partial charge in [0.05, 0.1) is 0 Å². The summed E-state index contributed by atoms with van der Waals surface area (Å²) < 4.78 is 0. The number of rotatable bonds is 4. The Morgan fingerprint density at radius 2 is 1.74 bits per heavy atom. The topological polar surface area (TPSA) is 29.3 Å². The van der Waals surface area contributed by atoms with Crippen LogP contribution in [0, 0.1) is 11.8 Å². The van der Waals surface area contributed by atoms with E-state index in [-0.39, 0.29) is 0 Å². The van der Waals surface area contributed by atoms with E-state index in [2.05, 4.69) is 18.7 Å². The average molecular weight is 266 g/mol. The van der Waals surface area contributed by atoms with Gasteiger partial charge in [-0.15, -0.1) is 0 Å². The molecule has 0 amide bonds. The lowest BCUT2D eigenvalue weighted by molar-refractivity contribution is 0.0341. The van der Waals surface area contributed by atoms with Crippen molar-refractivity contribution in [2.45, 2.75) is 77.2 Å². The molecule has 1 heterocycles. The average Bonchev–Trinajstić information content (AvgIpc) is 2.70. The molecule has 2 N–H and O–H groups in total. The summed E-state index contributed by atoms with van der Waals surface area (Å²) in [5.74, 6) is 1.88. The number of nitrogens with two attached hydrogens (primary N) is 1. The van der Waals surface area contributed by atoms with Crippen LogP contribution in [0.15, 0.2) is 0 Å². The van der Waals surface area contributed by atoms with Crippen molar-refractivity contribution in [2.24, 2.45) is 17.6 Å². The highest BCUT2D eigenvalue weighted by atomic mass is 15.2. The summed E-state index contributed by atoms with van der Waals surface area (Å²) in [6, 6.07) is 0. The summed E-state index contributed by atoms with van der Waals surface area (Å²) in [7, 11) is 0. The molecular formula is C17H34N2. The molecule has 1 saturated carbocycles. The Hall–Kier alpha value is -0.0800. The monoisotopic (exact) mass is 266 g/mol. The zero-order valence-electron chi connectivity index (χ0n) is 13.2. The molecule has 19 heavy (non-hydrogen) atoms. The van der Waals surface area contributed by atoms with E-state index < -0.39 is 0 Å². The fraction of sp³-hybridized carbons (Fsp3) is 1.00. The Morgan fingerprint density at radius 1 is 1.00 bits per heavy atom. The molecule has 2 heteroatoms. The van der Waals surface area contributed by atoms with Crippen molar-refractivity contribution in [2.75, 3.05) is 19.6 Å². The van der Waals surface area contributed by atoms with E-state index in [4.69, 9.17) is 5.73 Å². The van der Waals surface area contributed by atoms with Gasteiger partial charge in [-0.05, 0) is 50.5 Å². The van der Waals surface area contributed by atoms with Crippen molar-refractivity contribution in [3.8, 4) is 0 Å². The fourth-order valence-electron chi connectivity index (χ4n) is 4.35. The van der Waals surface area contributed by atoms with Crippen LogP contribution < -0.4 is 5.73 Å². The van der Waals surface area contributed by atoms with Crippen LogP contribution in [-0.4, -0.2) is 30.1 Å². The molecular weight excluding hydrogens is 232 g/mol. The van der Waals surface area contributed by atoms with Crippen molar-refractivity contribution in [3.05, 3.63) is 0 Å². The number of likely N-dealkylation sites (tertiary alicyclic amines) is 1. The lowest BCUT2D eigenvalue weighted by atomic mass is 9.83. The normalized spacial score (nSPS) is 38.1. The predicted octanol–water partition coefficient (Wildman–Crippen LogP) is 3.80. The SMILES string of the molecule is CCC1CCCC(CN)(N2CCCC(CC)C2)CC1. The van der Waals surface area contributed by atoms with Crippen molar-refractivity contribution >= 4 is 0 Å². The molecule has 2 rings (SSSR count). The van der Waals surface area contributed by atoms with Crippen LogP contribution in [-0.2, 0) is 0 Å². The van der Waals surface area contributed by atoms with Crippen LogP contribution in [0.5, 0.6) is 0 Å². The molecule has 112 valence electrons. The van der Waals surface area contributed by atoms with E-state index >= 15 is 0 Å². The largest absolute Gasteiger partial charge is 0.329 e. The summed E-state index contributed by atoms with van der Waals surface area (Å²) >= 11 is 0. The van der Waals surface area contributed by atoms with Gasteiger partial charge in [-0.3, -0.25) is 4.90 Å². The Bertz CT molecular complexity index is 266. The molecule has 2 fully saturated rings. The minimum Gasteiger partial charge on any atom is -0.329 e. The third-order valence-corrected chi connectivity index (χ3v) is 6.00. The first-order chi connectivity index (χ1) is 9.24. The second kappa shape index (κ2) is 7.08. The third kappa shape index (κ3) is 3.52. The second-order valence-corrected chi connectivity index (χ2v) is 7.00. The van der Waals surface area contributed by atoms with Gasteiger partial charge >= 0.3 is 0 Å².